The van der Waals surface area contributed by atoms with Crippen LogP contribution >= 0.6 is 0 Å². The molecule has 2 aromatic heterocycles. The highest BCUT2D eigenvalue weighted by atomic mass is 16.5. The summed E-state index contributed by atoms with van der Waals surface area (Å²) in [7, 11) is 0. The fraction of sp³-hybridized carbons (Fsp3) is 0.444. The molecule has 9 nitrogen and oxygen atoms in total. The van der Waals surface area contributed by atoms with E-state index in [1.54, 1.807) is 38.4 Å². The predicted molar refractivity (Wildman–Crippen MR) is 137 cm³/mol. The van der Waals surface area contributed by atoms with E-state index in [0.29, 0.717) is 56.5 Å². The Morgan fingerprint density at radius 2 is 2.06 bits per heavy atom. The van der Waals surface area contributed by atoms with Crippen LogP contribution in [-0.4, -0.2) is 65.6 Å². The molecule has 1 saturated heterocycles. The number of carbonyl (C=O) groups excluding carboxylic acids is 1. The minimum Gasteiger partial charge on any atom is -0.478 e. The lowest BCUT2D eigenvalue weighted by Crippen LogP contribution is -2.65. The molecule has 1 N–H and O–H groups in total. The van der Waals surface area contributed by atoms with Crippen molar-refractivity contribution in [2.24, 2.45) is 4.99 Å². The number of nitrogens with one attached hydrogen (secondary N) is 1. The van der Waals surface area contributed by atoms with Gasteiger partial charge in [-0.25, -0.2) is 4.98 Å². The Bertz CT molecular complexity index is 1210. The number of ether oxygens (including phenoxy) is 2. The van der Waals surface area contributed by atoms with Gasteiger partial charge in [0.2, 0.25) is 5.88 Å². The number of pyridine rings is 2. The van der Waals surface area contributed by atoms with Gasteiger partial charge in [-0.3, -0.25) is 19.7 Å². The van der Waals surface area contributed by atoms with Gasteiger partial charge in [0.15, 0.2) is 0 Å². The third-order valence-electron chi connectivity index (χ3n) is 6.58. The van der Waals surface area contributed by atoms with Crippen molar-refractivity contribution in [3.8, 4) is 11.9 Å². The third kappa shape index (κ3) is 5.30. The standard InChI is InChI=1S/C27H32N6O3/c1-5-36-24-7-6-21(16-30-24)22-15-27(18-31-19(22)2,33-10-12-35-13-11-33)32-25(34)20-8-9-29-23(14-20)26(3,4)17-28/h6-9,14,16,18H,5,10-13,15H2,1-4H3,(H,32,34). The number of aliphatic imine (C=N–C) groups is 1. The fourth-order valence-electron chi connectivity index (χ4n) is 4.38. The summed E-state index contributed by atoms with van der Waals surface area (Å²) in [4.78, 5) is 29.3. The second-order valence-electron chi connectivity index (χ2n) is 9.46. The summed E-state index contributed by atoms with van der Waals surface area (Å²) in [5, 5.41) is 12.8. The van der Waals surface area contributed by atoms with Crippen LogP contribution in [0.25, 0.3) is 5.57 Å². The maximum atomic E-state index is 13.6. The second-order valence-corrected chi connectivity index (χ2v) is 9.46. The first-order valence-corrected chi connectivity index (χ1v) is 12.2. The fourth-order valence-corrected chi connectivity index (χ4v) is 4.38. The molecule has 9 heteroatoms. The molecule has 1 atom stereocenters. The Kier molecular flexibility index (Phi) is 7.48. The number of morpholine rings is 1. The van der Waals surface area contributed by atoms with Crippen molar-refractivity contribution < 1.29 is 14.3 Å². The van der Waals surface area contributed by atoms with Gasteiger partial charge >= 0.3 is 0 Å². The molecule has 0 aromatic carbocycles. The first-order chi connectivity index (χ1) is 17.3. The largest absolute Gasteiger partial charge is 0.478 e. The van der Waals surface area contributed by atoms with Crippen molar-refractivity contribution in [2.45, 2.75) is 45.2 Å². The van der Waals surface area contributed by atoms with Gasteiger partial charge < -0.3 is 14.8 Å². The van der Waals surface area contributed by atoms with Gasteiger partial charge in [-0.05, 0) is 57.0 Å². The Labute approximate surface area is 211 Å². The lowest BCUT2D eigenvalue weighted by Gasteiger charge is -2.45. The van der Waals surface area contributed by atoms with E-state index in [9.17, 15) is 10.1 Å². The molecule has 1 unspecified atom stereocenters. The molecule has 1 amide bonds. The lowest BCUT2D eigenvalue weighted by atomic mass is 9.89. The quantitative estimate of drug-likeness (QED) is 0.636. The van der Waals surface area contributed by atoms with Crippen molar-refractivity contribution in [3.05, 3.63) is 59.2 Å². The summed E-state index contributed by atoms with van der Waals surface area (Å²) in [6.45, 7) is 10.5. The SMILES string of the molecule is CCOc1ccc(C2=C(C)N=CC(NC(=O)c3ccnc(C(C)(C)C#N)c3)(N3CCOCC3)C2)cn1. The molecular formula is C27H32N6O3. The van der Waals surface area contributed by atoms with Crippen molar-refractivity contribution >= 4 is 17.7 Å². The van der Waals surface area contributed by atoms with Crippen LogP contribution in [0.3, 0.4) is 0 Å². The van der Waals surface area contributed by atoms with Gasteiger partial charge in [-0.1, -0.05) is 0 Å². The second kappa shape index (κ2) is 10.6. The summed E-state index contributed by atoms with van der Waals surface area (Å²) in [5.41, 5.74) is 2.15. The van der Waals surface area contributed by atoms with E-state index < -0.39 is 11.1 Å². The van der Waals surface area contributed by atoms with Crippen LogP contribution in [0.2, 0.25) is 0 Å². The van der Waals surface area contributed by atoms with Crippen molar-refractivity contribution in [2.75, 3.05) is 32.9 Å². The number of amides is 1. The summed E-state index contributed by atoms with van der Waals surface area (Å²) in [5.74, 6) is 0.314. The Morgan fingerprint density at radius 3 is 2.72 bits per heavy atom. The molecule has 0 bridgehead atoms. The molecular weight excluding hydrogens is 456 g/mol. The Morgan fingerprint density at radius 1 is 1.28 bits per heavy atom. The molecule has 2 aromatic rings. The van der Waals surface area contributed by atoms with Crippen LogP contribution in [0.1, 0.15) is 55.7 Å². The van der Waals surface area contributed by atoms with E-state index >= 15 is 0 Å². The Balaban J connectivity index is 1.66. The zero-order valence-corrected chi connectivity index (χ0v) is 21.2. The van der Waals surface area contributed by atoms with Gasteiger partial charge in [-0.15, -0.1) is 0 Å². The number of allylic oxidation sites excluding steroid dienone is 1. The van der Waals surface area contributed by atoms with E-state index in [-0.39, 0.29) is 5.91 Å². The van der Waals surface area contributed by atoms with Crippen LogP contribution in [0.5, 0.6) is 5.88 Å². The first-order valence-electron chi connectivity index (χ1n) is 12.2. The number of aromatic nitrogens is 2. The molecule has 188 valence electrons. The van der Waals surface area contributed by atoms with Crippen LogP contribution < -0.4 is 10.1 Å². The average molecular weight is 489 g/mol. The van der Waals surface area contributed by atoms with E-state index in [2.05, 4.69) is 26.3 Å². The molecule has 2 aliphatic heterocycles. The number of rotatable bonds is 7. The van der Waals surface area contributed by atoms with Gasteiger partial charge in [0, 0.05) is 55.4 Å². The van der Waals surface area contributed by atoms with Crippen LogP contribution in [0.15, 0.2) is 47.3 Å². The first kappa shape index (κ1) is 25.5. The van der Waals surface area contributed by atoms with Crippen molar-refractivity contribution in [1.29, 1.82) is 5.26 Å². The summed E-state index contributed by atoms with van der Waals surface area (Å²) in [6, 6.07) is 9.42. The maximum Gasteiger partial charge on any atom is 0.253 e. The Hall–Kier alpha value is -3.61. The third-order valence-corrected chi connectivity index (χ3v) is 6.58. The summed E-state index contributed by atoms with van der Waals surface area (Å²) >= 11 is 0. The smallest absolute Gasteiger partial charge is 0.253 e. The van der Waals surface area contributed by atoms with Gasteiger partial charge in [0.1, 0.15) is 5.66 Å². The highest BCUT2D eigenvalue weighted by Gasteiger charge is 2.41. The monoisotopic (exact) mass is 488 g/mol. The van der Waals surface area contributed by atoms with E-state index in [4.69, 9.17) is 14.5 Å². The number of nitriles is 1. The minimum atomic E-state index is -0.845. The van der Waals surface area contributed by atoms with E-state index in [1.807, 2.05) is 32.2 Å². The molecule has 36 heavy (non-hydrogen) atoms. The molecule has 4 rings (SSSR count). The van der Waals surface area contributed by atoms with Gasteiger partial charge in [0.05, 0.1) is 37.0 Å². The summed E-state index contributed by atoms with van der Waals surface area (Å²) < 4.78 is 11.1. The highest BCUT2D eigenvalue weighted by molar-refractivity contribution is 5.98. The van der Waals surface area contributed by atoms with Gasteiger partial charge in [-0.2, -0.15) is 5.26 Å². The molecule has 0 aliphatic carbocycles. The zero-order valence-electron chi connectivity index (χ0n) is 21.2. The number of hydrogen-bond donors (Lipinski definition) is 1. The van der Waals surface area contributed by atoms with E-state index in [0.717, 1.165) is 16.8 Å². The average Bonchev–Trinajstić information content (AvgIpc) is 2.91. The van der Waals surface area contributed by atoms with Crippen molar-refractivity contribution in [3.63, 3.8) is 0 Å². The number of carbonyl (C=O) groups is 1. The van der Waals surface area contributed by atoms with E-state index in [1.165, 1.54) is 0 Å². The van der Waals surface area contributed by atoms with Crippen LogP contribution in [-0.2, 0) is 10.2 Å². The molecule has 0 saturated carbocycles. The zero-order chi connectivity index (χ0) is 25.8. The van der Waals surface area contributed by atoms with Crippen LogP contribution in [0.4, 0.5) is 0 Å². The highest BCUT2D eigenvalue weighted by Crippen LogP contribution is 2.34. The molecule has 2 aliphatic rings. The summed E-state index contributed by atoms with van der Waals surface area (Å²) in [6.07, 6.45) is 5.71. The van der Waals surface area contributed by atoms with Gasteiger partial charge in [0.25, 0.3) is 5.91 Å². The number of hydrogen-bond acceptors (Lipinski definition) is 8. The molecule has 1 fully saturated rings. The van der Waals surface area contributed by atoms with Crippen LogP contribution in [0, 0.1) is 11.3 Å². The lowest BCUT2D eigenvalue weighted by molar-refractivity contribution is -0.00621. The van der Waals surface area contributed by atoms with Crippen molar-refractivity contribution in [1.82, 2.24) is 20.2 Å². The molecule has 0 radical (unpaired) electrons. The normalized spacial score (nSPS) is 20.6. The number of nitrogens with zero attached hydrogens (tertiary/aromatic N) is 5. The molecule has 0 spiro atoms. The predicted octanol–water partition coefficient (Wildman–Crippen LogP) is 3.34. The molecule has 4 heterocycles. The topological polar surface area (TPSA) is 113 Å². The minimum absolute atomic E-state index is 0.256. The maximum absolute atomic E-state index is 13.6.